The Morgan fingerprint density at radius 2 is 0.961 bits per heavy atom. The van der Waals surface area contributed by atoms with E-state index in [0.717, 1.165) is 92.7 Å². The summed E-state index contributed by atoms with van der Waals surface area (Å²) in [5.74, 6) is 1.67. The zero-order valence-electron chi connectivity index (χ0n) is 26.9. The summed E-state index contributed by atoms with van der Waals surface area (Å²) in [5, 5.41) is 10.8. The van der Waals surface area contributed by atoms with Gasteiger partial charge in [-0.3, -0.25) is 13.8 Å². The summed E-state index contributed by atoms with van der Waals surface area (Å²) in [6.45, 7) is 0. The van der Waals surface area contributed by atoms with E-state index in [-0.39, 0.29) is 0 Å². The molecule has 0 N–H and O–H groups in total. The number of nitrogens with zero attached hydrogens (tertiary/aromatic N) is 6. The molecule has 0 atom stereocenters. The highest BCUT2D eigenvalue weighted by Gasteiger charge is 2.19. The van der Waals surface area contributed by atoms with Gasteiger partial charge in [0.2, 0.25) is 11.6 Å². The summed E-state index contributed by atoms with van der Waals surface area (Å²) in [4.78, 5) is 20.7. The van der Waals surface area contributed by atoms with E-state index >= 15 is 0 Å². The van der Waals surface area contributed by atoms with Gasteiger partial charge in [-0.05, 0) is 47.9 Å². The maximum atomic E-state index is 6.20. The van der Waals surface area contributed by atoms with Crippen molar-refractivity contribution >= 4 is 98.7 Å². The van der Waals surface area contributed by atoms with Crippen molar-refractivity contribution in [1.29, 1.82) is 0 Å². The van der Waals surface area contributed by atoms with Crippen LogP contribution in [0, 0.1) is 0 Å². The molecule has 0 unspecified atom stereocenters. The fraction of sp³-hybridized carbons (Fsp3) is 0. The lowest BCUT2D eigenvalue weighted by atomic mass is 10.0. The van der Waals surface area contributed by atoms with Gasteiger partial charge in [0.15, 0.2) is 5.82 Å². The molecular formula is C44H24N6O. The van der Waals surface area contributed by atoms with Gasteiger partial charge in [0.1, 0.15) is 11.2 Å². The number of benzene rings is 6. The van der Waals surface area contributed by atoms with E-state index in [2.05, 4.69) is 117 Å². The van der Waals surface area contributed by atoms with Crippen LogP contribution in [0.4, 0.5) is 0 Å². The van der Waals surface area contributed by atoms with Crippen molar-refractivity contribution in [3.8, 4) is 11.4 Å². The van der Waals surface area contributed by atoms with Crippen molar-refractivity contribution in [3.63, 3.8) is 0 Å². The number of para-hydroxylation sites is 5. The molecule has 0 radical (unpaired) electrons. The maximum Gasteiger partial charge on any atom is 0.240 e. The highest BCUT2D eigenvalue weighted by Crippen LogP contribution is 2.39. The van der Waals surface area contributed by atoms with Crippen LogP contribution in [0.2, 0.25) is 0 Å². The summed E-state index contributed by atoms with van der Waals surface area (Å²) in [5.41, 5.74) is 6.65. The van der Waals surface area contributed by atoms with Crippen molar-refractivity contribution in [1.82, 2.24) is 28.7 Å². The monoisotopic (exact) mass is 652 g/mol. The lowest BCUT2D eigenvalue weighted by Crippen LogP contribution is -2.01. The second kappa shape index (κ2) is 9.74. The molecule has 6 aromatic heterocycles. The summed E-state index contributed by atoms with van der Waals surface area (Å²) in [6, 6.07) is 46.5. The molecule has 2 bridgehead atoms. The van der Waals surface area contributed by atoms with E-state index in [0.29, 0.717) is 17.4 Å². The second-order valence-electron chi connectivity index (χ2n) is 13.1. The molecule has 0 aliphatic carbocycles. The first-order chi connectivity index (χ1) is 25.3. The number of hydrogen-bond donors (Lipinski definition) is 0. The Kier molecular flexibility index (Phi) is 5.12. The minimum absolute atomic E-state index is 0.543. The van der Waals surface area contributed by atoms with Gasteiger partial charge in [0, 0.05) is 66.4 Å². The molecule has 51 heavy (non-hydrogen) atoms. The Morgan fingerprint density at radius 1 is 0.412 bits per heavy atom. The topological polar surface area (TPSA) is 73.5 Å². The summed E-state index contributed by atoms with van der Waals surface area (Å²) >= 11 is 0. The highest BCUT2D eigenvalue weighted by molar-refractivity contribution is 6.24. The molecule has 0 saturated heterocycles. The predicted molar refractivity (Wildman–Crippen MR) is 206 cm³/mol. The average molecular weight is 653 g/mol. The van der Waals surface area contributed by atoms with Crippen LogP contribution < -0.4 is 0 Å². The van der Waals surface area contributed by atoms with E-state index in [1.165, 1.54) is 0 Å². The molecule has 0 amide bonds. The van der Waals surface area contributed by atoms with Gasteiger partial charge in [-0.2, -0.15) is 15.0 Å². The molecule has 6 heterocycles. The molecular weight excluding hydrogens is 629 g/mol. The molecule has 0 aliphatic rings. The van der Waals surface area contributed by atoms with Gasteiger partial charge in [0.05, 0.1) is 22.1 Å². The zero-order valence-corrected chi connectivity index (χ0v) is 26.9. The van der Waals surface area contributed by atoms with Crippen LogP contribution in [0.25, 0.3) is 110 Å². The summed E-state index contributed by atoms with van der Waals surface area (Å²) < 4.78 is 10.6. The van der Waals surface area contributed by atoms with Gasteiger partial charge in [0.25, 0.3) is 0 Å². The number of fused-ring (bicyclic) bond motifs is 16. The van der Waals surface area contributed by atoms with Crippen molar-refractivity contribution in [2.45, 2.75) is 0 Å². The van der Waals surface area contributed by atoms with E-state index in [4.69, 9.17) is 19.4 Å². The van der Waals surface area contributed by atoms with Gasteiger partial charge in [-0.15, -0.1) is 0 Å². The van der Waals surface area contributed by atoms with Crippen molar-refractivity contribution in [3.05, 3.63) is 146 Å². The first kappa shape index (κ1) is 26.8. The van der Waals surface area contributed by atoms with Crippen LogP contribution in [-0.4, -0.2) is 28.7 Å². The van der Waals surface area contributed by atoms with Gasteiger partial charge >= 0.3 is 0 Å². The number of hydrogen-bond acceptors (Lipinski definition) is 5. The van der Waals surface area contributed by atoms with Gasteiger partial charge in [-0.1, -0.05) is 91.0 Å². The molecule has 7 nitrogen and oxygen atoms in total. The minimum atomic E-state index is 0.543. The fourth-order valence-corrected chi connectivity index (χ4v) is 8.28. The van der Waals surface area contributed by atoms with E-state index in [1.807, 2.05) is 42.7 Å². The first-order valence-electron chi connectivity index (χ1n) is 17.0. The minimum Gasteiger partial charge on any atom is -0.456 e. The Hall–Kier alpha value is -7.12. The van der Waals surface area contributed by atoms with Gasteiger partial charge in [-0.25, -0.2) is 0 Å². The van der Waals surface area contributed by atoms with Crippen LogP contribution in [0.5, 0.6) is 0 Å². The summed E-state index contributed by atoms with van der Waals surface area (Å²) in [6.07, 6.45) is 3.87. The molecule has 0 saturated carbocycles. The molecule has 236 valence electrons. The van der Waals surface area contributed by atoms with Crippen LogP contribution >= 0.6 is 0 Å². The van der Waals surface area contributed by atoms with Crippen LogP contribution in [0.3, 0.4) is 0 Å². The number of furan rings is 1. The standard InChI is InChI=1S/C44H24N6O/c1-4-16-36-27(9-1)31-13-7-12-30-26-21-22-45-24-35(26)33-15-8-14-32-28-10-2-5-17-37(28)50(41(32)33)44-47-42(46-43(48-44)49(36)40(30)31)25-19-20-39-34(23-25)29-11-3-6-18-38(29)51-39/h1-24H. The average Bonchev–Trinajstić information content (AvgIpc) is 3.85. The van der Waals surface area contributed by atoms with E-state index in [9.17, 15) is 0 Å². The molecule has 0 fully saturated rings. The lowest BCUT2D eigenvalue weighted by molar-refractivity contribution is 0.669. The van der Waals surface area contributed by atoms with Crippen LogP contribution in [0.15, 0.2) is 150 Å². The third-order valence-electron chi connectivity index (χ3n) is 10.4. The Morgan fingerprint density at radius 3 is 1.65 bits per heavy atom. The van der Waals surface area contributed by atoms with Gasteiger partial charge < -0.3 is 4.42 Å². The quantitative estimate of drug-likeness (QED) is 0.176. The summed E-state index contributed by atoms with van der Waals surface area (Å²) in [7, 11) is 0. The SMILES string of the molecule is c1ccc2c(c1)oc1ccc(-c3nc4nc(n3)n3c5ccccc5c5cccc(c6cnccc6c6cccc7c8ccccc8n4c67)c53)cc12. The molecule has 7 heteroatoms. The largest absolute Gasteiger partial charge is 0.456 e. The van der Waals surface area contributed by atoms with Crippen LogP contribution in [0.1, 0.15) is 0 Å². The molecule has 12 aromatic rings. The van der Waals surface area contributed by atoms with Crippen molar-refractivity contribution in [2.75, 3.05) is 0 Å². The second-order valence-corrected chi connectivity index (χ2v) is 13.1. The zero-order chi connectivity index (χ0) is 33.2. The normalized spacial score (nSPS) is 12.3. The molecule has 0 aliphatic heterocycles. The molecule has 12 rings (SSSR count). The first-order valence-corrected chi connectivity index (χ1v) is 17.0. The van der Waals surface area contributed by atoms with Crippen LogP contribution in [-0.2, 0) is 0 Å². The van der Waals surface area contributed by atoms with Crippen molar-refractivity contribution < 1.29 is 4.42 Å². The predicted octanol–water partition coefficient (Wildman–Crippen LogP) is 10.8. The Bertz CT molecular complexity index is 3330. The highest BCUT2D eigenvalue weighted by atomic mass is 16.3. The molecule has 6 aromatic carbocycles. The number of rotatable bonds is 1. The fourth-order valence-electron chi connectivity index (χ4n) is 8.28. The maximum absolute atomic E-state index is 6.20. The Balaban J connectivity index is 1.40. The Labute approximate surface area is 288 Å². The smallest absolute Gasteiger partial charge is 0.240 e. The third-order valence-corrected chi connectivity index (χ3v) is 10.4. The number of pyridine rings is 1. The molecule has 0 spiro atoms. The van der Waals surface area contributed by atoms with E-state index in [1.54, 1.807) is 0 Å². The lowest BCUT2D eigenvalue weighted by Gasteiger charge is -2.06. The third kappa shape index (κ3) is 3.56. The number of aromatic nitrogens is 6. The van der Waals surface area contributed by atoms with Crippen molar-refractivity contribution in [2.24, 2.45) is 0 Å². The van der Waals surface area contributed by atoms with E-state index < -0.39 is 0 Å².